The van der Waals surface area contributed by atoms with Crippen molar-refractivity contribution in [3.05, 3.63) is 59.5 Å². The fraction of sp³-hybridized carbons (Fsp3) is 0.227. The van der Waals surface area contributed by atoms with Crippen LogP contribution in [0.2, 0.25) is 0 Å². The molecule has 3 aromatic rings. The van der Waals surface area contributed by atoms with E-state index in [0.29, 0.717) is 24.7 Å². The summed E-state index contributed by atoms with van der Waals surface area (Å²) in [6.45, 7) is 4.94. The highest BCUT2D eigenvalue weighted by Gasteiger charge is 2.08. The predicted octanol–water partition coefficient (Wildman–Crippen LogP) is 4.85. The Hall–Kier alpha value is -2.84. The van der Waals surface area contributed by atoms with Crippen LogP contribution in [0, 0.1) is 0 Å². The molecular formula is C22H23N3O3S2. The van der Waals surface area contributed by atoms with Crippen molar-refractivity contribution in [2.24, 2.45) is 5.10 Å². The molecule has 0 aliphatic carbocycles. The second-order valence-electron chi connectivity index (χ2n) is 6.02. The number of aromatic nitrogens is 1. The molecule has 1 amide bonds. The summed E-state index contributed by atoms with van der Waals surface area (Å²) in [5, 5.41) is 6.03. The van der Waals surface area contributed by atoms with Crippen molar-refractivity contribution in [1.82, 2.24) is 10.4 Å². The molecular weight excluding hydrogens is 418 g/mol. The van der Waals surface area contributed by atoms with Crippen molar-refractivity contribution in [2.45, 2.75) is 18.2 Å². The minimum atomic E-state index is -0.191. The first kappa shape index (κ1) is 21.9. The minimum absolute atomic E-state index is 0.191. The highest BCUT2D eigenvalue weighted by molar-refractivity contribution is 8.01. The molecule has 8 heteroatoms. The molecule has 0 unspecified atom stereocenters. The van der Waals surface area contributed by atoms with Gasteiger partial charge >= 0.3 is 0 Å². The molecule has 0 fully saturated rings. The SMILES string of the molecule is CCOc1ccc(/C=N/NC(=O)CSc2nc(-c3ccccc3)cs2)cc1OCC. The van der Waals surface area contributed by atoms with Crippen molar-refractivity contribution in [1.29, 1.82) is 0 Å². The number of thioether (sulfide) groups is 1. The van der Waals surface area contributed by atoms with E-state index in [9.17, 15) is 4.79 Å². The number of thiazole rings is 1. The van der Waals surface area contributed by atoms with Crippen LogP contribution in [0.25, 0.3) is 11.3 Å². The summed E-state index contributed by atoms with van der Waals surface area (Å²) in [6, 6.07) is 15.5. The molecule has 0 saturated carbocycles. The van der Waals surface area contributed by atoms with E-state index in [-0.39, 0.29) is 11.7 Å². The highest BCUT2D eigenvalue weighted by atomic mass is 32.2. The van der Waals surface area contributed by atoms with Gasteiger partial charge in [0.2, 0.25) is 0 Å². The fourth-order valence-corrected chi connectivity index (χ4v) is 4.18. The Balaban J connectivity index is 1.50. The fourth-order valence-electron chi connectivity index (χ4n) is 2.55. The van der Waals surface area contributed by atoms with Gasteiger partial charge in [-0.3, -0.25) is 4.79 Å². The second kappa shape index (κ2) is 11.4. The van der Waals surface area contributed by atoms with E-state index < -0.39 is 0 Å². The van der Waals surface area contributed by atoms with Crippen molar-refractivity contribution in [3.8, 4) is 22.8 Å². The summed E-state index contributed by atoms with van der Waals surface area (Å²) in [6.07, 6.45) is 1.58. The van der Waals surface area contributed by atoms with Crippen molar-refractivity contribution in [2.75, 3.05) is 19.0 Å². The second-order valence-corrected chi connectivity index (χ2v) is 8.10. The number of nitrogens with one attached hydrogen (secondary N) is 1. The molecule has 1 N–H and O–H groups in total. The molecule has 0 aliphatic heterocycles. The van der Waals surface area contributed by atoms with Crippen LogP contribution in [0.15, 0.2) is 63.4 Å². The summed E-state index contributed by atoms with van der Waals surface area (Å²) < 4.78 is 12.0. The number of rotatable bonds is 10. The molecule has 1 heterocycles. The Morgan fingerprint density at radius 3 is 2.67 bits per heavy atom. The highest BCUT2D eigenvalue weighted by Crippen LogP contribution is 2.29. The molecule has 0 radical (unpaired) electrons. The number of hydrogen-bond acceptors (Lipinski definition) is 7. The lowest BCUT2D eigenvalue weighted by atomic mass is 10.2. The number of carbonyl (C=O) groups excluding carboxylic acids is 1. The summed E-state index contributed by atoms with van der Waals surface area (Å²) >= 11 is 2.92. The van der Waals surface area contributed by atoms with Crippen LogP contribution in [-0.4, -0.2) is 36.1 Å². The number of hydrogen-bond donors (Lipinski definition) is 1. The van der Waals surface area contributed by atoms with Gasteiger partial charge in [-0.2, -0.15) is 5.10 Å². The third kappa shape index (κ3) is 6.33. The van der Waals surface area contributed by atoms with E-state index in [0.717, 1.165) is 21.2 Å². The zero-order chi connectivity index (χ0) is 21.2. The van der Waals surface area contributed by atoms with E-state index in [1.54, 1.807) is 6.21 Å². The lowest BCUT2D eigenvalue weighted by molar-refractivity contribution is -0.118. The van der Waals surface area contributed by atoms with Crippen molar-refractivity contribution in [3.63, 3.8) is 0 Å². The van der Waals surface area contributed by atoms with Gasteiger partial charge in [-0.1, -0.05) is 42.1 Å². The zero-order valence-electron chi connectivity index (χ0n) is 16.8. The number of carbonyl (C=O) groups is 1. The molecule has 6 nitrogen and oxygen atoms in total. The van der Waals surface area contributed by atoms with Crippen molar-refractivity contribution >= 4 is 35.2 Å². The monoisotopic (exact) mass is 441 g/mol. The number of hydrazone groups is 1. The lowest BCUT2D eigenvalue weighted by Gasteiger charge is -2.11. The van der Waals surface area contributed by atoms with Crippen LogP contribution in [0.3, 0.4) is 0 Å². The summed E-state index contributed by atoms with van der Waals surface area (Å²) in [5.41, 5.74) is 5.34. The van der Waals surface area contributed by atoms with Gasteiger partial charge in [0.05, 0.1) is 30.9 Å². The molecule has 0 bridgehead atoms. The molecule has 156 valence electrons. The Kier molecular flexibility index (Phi) is 8.29. The number of benzene rings is 2. The average molecular weight is 442 g/mol. The molecule has 1 aromatic heterocycles. The van der Waals surface area contributed by atoms with E-state index >= 15 is 0 Å². The molecule has 0 spiro atoms. The quantitative estimate of drug-likeness (QED) is 0.277. The van der Waals surface area contributed by atoms with Crippen LogP contribution in [0.1, 0.15) is 19.4 Å². The van der Waals surface area contributed by atoms with Gasteiger partial charge < -0.3 is 9.47 Å². The van der Waals surface area contributed by atoms with Gasteiger partial charge in [0.15, 0.2) is 15.8 Å². The van der Waals surface area contributed by atoms with Crippen LogP contribution >= 0.6 is 23.1 Å². The predicted molar refractivity (Wildman–Crippen MR) is 123 cm³/mol. The molecule has 0 aliphatic rings. The van der Waals surface area contributed by atoms with E-state index in [4.69, 9.17) is 9.47 Å². The normalized spacial score (nSPS) is 10.9. The molecule has 0 atom stereocenters. The van der Waals surface area contributed by atoms with E-state index in [1.807, 2.05) is 67.8 Å². The topological polar surface area (TPSA) is 72.8 Å². The minimum Gasteiger partial charge on any atom is -0.490 e. The third-order valence-electron chi connectivity index (χ3n) is 3.85. The Labute approximate surface area is 184 Å². The maximum atomic E-state index is 12.1. The largest absolute Gasteiger partial charge is 0.490 e. The molecule has 2 aromatic carbocycles. The maximum absolute atomic E-state index is 12.1. The lowest BCUT2D eigenvalue weighted by Crippen LogP contribution is -2.19. The van der Waals surface area contributed by atoms with Crippen LogP contribution in [0.5, 0.6) is 11.5 Å². The van der Waals surface area contributed by atoms with Crippen LogP contribution in [-0.2, 0) is 4.79 Å². The first-order valence-electron chi connectivity index (χ1n) is 9.55. The van der Waals surface area contributed by atoms with Gasteiger partial charge in [-0.15, -0.1) is 11.3 Å². The average Bonchev–Trinajstić information content (AvgIpc) is 3.24. The smallest absolute Gasteiger partial charge is 0.250 e. The van der Waals surface area contributed by atoms with E-state index in [1.165, 1.54) is 23.1 Å². The van der Waals surface area contributed by atoms with Gasteiger partial charge in [0.1, 0.15) is 0 Å². The van der Waals surface area contributed by atoms with Gasteiger partial charge in [0, 0.05) is 10.9 Å². The number of amides is 1. The third-order valence-corrected chi connectivity index (χ3v) is 5.87. The summed E-state index contributed by atoms with van der Waals surface area (Å²) in [4.78, 5) is 16.6. The molecule has 0 saturated heterocycles. The van der Waals surface area contributed by atoms with Crippen molar-refractivity contribution < 1.29 is 14.3 Å². The maximum Gasteiger partial charge on any atom is 0.250 e. The standard InChI is InChI=1S/C22H23N3O3S2/c1-3-27-19-11-10-16(12-20(19)28-4-2)13-23-25-21(26)15-30-22-24-18(14-29-22)17-8-6-5-7-9-17/h5-14H,3-4,15H2,1-2H3,(H,25,26)/b23-13+. The Morgan fingerprint density at radius 2 is 1.90 bits per heavy atom. The Morgan fingerprint density at radius 1 is 1.13 bits per heavy atom. The Bertz CT molecular complexity index is 990. The molecule has 3 rings (SSSR count). The van der Waals surface area contributed by atoms with E-state index in [2.05, 4.69) is 15.5 Å². The zero-order valence-corrected chi connectivity index (χ0v) is 18.5. The summed E-state index contributed by atoms with van der Waals surface area (Å²) in [7, 11) is 0. The van der Waals surface area contributed by atoms with Crippen LogP contribution < -0.4 is 14.9 Å². The number of ether oxygens (including phenoxy) is 2. The van der Waals surface area contributed by atoms with Gasteiger partial charge in [-0.25, -0.2) is 10.4 Å². The first-order chi connectivity index (χ1) is 14.7. The molecule has 30 heavy (non-hydrogen) atoms. The van der Waals surface area contributed by atoms with Crippen LogP contribution in [0.4, 0.5) is 0 Å². The van der Waals surface area contributed by atoms with Gasteiger partial charge in [-0.05, 0) is 37.6 Å². The van der Waals surface area contributed by atoms with Gasteiger partial charge in [0.25, 0.3) is 5.91 Å². The first-order valence-corrected chi connectivity index (χ1v) is 11.4. The summed E-state index contributed by atoms with van der Waals surface area (Å²) in [5.74, 6) is 1.40. The number of nitrogens with zero attached hydrogens (tertiary/aromatic N) is 2.